The van der Waals surface area contributed by atoms with Crippen LogP contribution in [-0.2, 0) is 0 Å². The summed E-state index contributed by atoms with van der Waals surface area (Å²) in [6.07, 6.45) is 1.82. The first-order valence-electron chi connectivity index (χ1n) is 4.95. The maximum absolute atomic E-state index is 4.50. The third-order valence-corrected chi connectivity index (χ3v) is 2.55. The van der Waals surface area contributed by atoms with E-state index in [2.05, 4.69) is 34.2 Å². The molecule has 3 rings (SSSR count). The van der Waals surface area contributed by atoms with E-state index in [1.54, 1.807) is 0 Å². The Balaban J connectivity index is 2.47. The lowest BCUT2D eigenvalue weighted by molar-refractivity contribution is 1.26. The predicted molar refractivity (Wildman–Crippen MR) is 61.8 cm³/mol. The van der Waals surface area contributed by atoms with Crippen LogP contribution in [0.5, 0.6) is 0 Å². The first kappa shape index (κ1) is 8.36. The Hall–Kier alpha value is -1.96. The summed E-state index contributed by atoms with van der Waals surface area (Å²) in [5.74, 6) is 0. The van der Waals surface area contributed by atoms with Crippen molar-refractivity contribution in [3.8, 4) is 0 Å². The Labute approximate surface area is 87.6 Å². The molecular formula is C13H10N2. The van der Waals surface area contributed by atoms with E-state index in [4.69, 9.17) is 0 Å². The van der Waals surface area contributed by atoms with Crippen molar-refractivity contribution in [1.29, 1.82) is 0 Å². The molecule has 2 aromatic heterocycles. The fourth-order valence-corrected chi connectivity index (χ4v) is 1.79. The number of fused-ring (bicyclic) bond motifs is 2. The second kappa shape index (κ2) is 3.02. The molecule has 0 saturated heterocycles. The molecule has 0 aliphatic carbocycles. The monoisotopic (exact) mass is 194 g/mol. The third-order valence-electron chi connectivity index (χ3n) is 2.55. The standard InChI is InChI=1S/C13H10N2/c1-9-4-5-11-7-12-10(3-2-6-14-12)8-13(11)15-9/h2-8H,1H3. The summed E-state index contributed by atoms with van der Waals surface area (Å²) in [4.78, 5) is 8.82. The highest BCUT2D eigenvalue weighted by Gasteiger charge is 1.99. The van der Waals surface area contributed by atoms with Crippen LogP contribution in [0.2, 0.25) is 0 Å². The SMILES string of the molecule is Cc1ccc2cc3ncccc3cc2n1. The number of rotatable bonds is 0. The van der Waals surface area contributed by atoms with Crippen molar-refractivity contribution in [2.24, 2.45) is 0 Å². The minimum absolute atomic E-state index is 1.02. The fourth-order valence-electron chi connectivity index (χ4n) is 1.79. The number of benzene rings is 1. The Kier molecular flexibility index (Phi) is 1.68. The molecule has 0 saturated carbocycles. The summed E-state index contributed by atoms with van der Waals surface area (Å²) in [6, 6.07) is 12.3. The molecule has 0 spiro atoms. The van der Waals surface area contributed by atoms with Crippen molar-refractivity contribution >= 4 is 21.8 Å². The molecule has 1 aromatic carbocycles. The molecule has 0 N–H and O–H groups in total. The number of hydrogen-bond acceptors (Lipinski definition) is 2. The van der Waals surface area contributed by atoms with Gasteiger partial charge in [0.15, 0.2) is 0 Å². The summed E-state index contributed by atoms with van der Waals surface area (Å²) >= 11 is 0. The van der Waals surface area contributed by atoms with Crippen LogP contribution >= 0.6 is 0 Å². The smallest absolute Gasteiger partial charge is 0.0712 e. The topological polar surface area (TPSA) is 25.8 Å². The predicted octanol–water partition coefficient (Wildman–Crippen LogP) is 3.09. The molecule has 2 nitrogen and oxygen atoms in total. The van der Waals surface area contributed by atoms with Gasteiger partial charge in [-0.3, -0.25) is 9.97 Å². The molecule has 0 amide bonds. The highest BCUT2D eigenvalue weighted by atomic mass is 14.7. The molecule has 0 atom stereocenters. The van der Waals surface area contributed by atoms with Gasteiger partial charge < -0.3 is 0 Å². The Morgan fingerprint density at radius 3 is 2.67 bits per heavy atom. The van der Waals surface area contributed by atoms with Crippen LogP contribution < -0.4 is 0 Å². The van der Waals surface area contributed by atoms with Crippen molar-refractivity contribution in [1.82, 2.24) is 9.97 Å². The molecule has 0 radical (unpaired) electrons. The molecule has 0 fully saturated rings. The lowest BCUT2D eigenvalue weighted by atomic mass is 10.1. The van der Waals surface area contributed by atoms with Gasteiger partial charge in [-0.25, -0.2) is 0 Å². The maximum Gasteiger partial charge on any atom is 0.0712 e. The van der Waals surface area contributed by atoms with Gasteiger partial charge >= 0.3 is 0 Å². The van der Waals surface area contributed by atoms with E-state index in [9.17, 15) is 0 Å². The van der Waals surface area contributed by atoms with E-state index in [1.807, 2.05) is 25.3 Å². The molecular weight excluding hydrogens is 184 g/mol. The van der Waals surface area contributed by atoms with Gasteiger partial charge in [0.25, 0.3) is 0 Å². The molecule has 2 heteroatoms. The zero-order chi connectivity index (χ0) is 10.3. The molecule has 0 aliphatic heterocycles. The van der Waals surface area contributed by atoms with Crippen LogP contribution in [0.1, 0.15) is 5.69 Å². The third kappa shape index (κ3) is 1.34. The van der Waals surface area contributed by atoms with E-state index in [1.165, 1.54) is 0 Å². The van der Waals surface area contributed by atoms with Gasteiger partial charge in [0.1, 0.15) is 0 Å². The van der Waals surface area contributed by atoms with Crippen molar-refractivity contribution in [2.75, 3.05) is 0 Å². The molecule has 72 valence electrons. The fraction of sp³-hybridized carbons (Fsp3) is 0.0769. The molecule has 0 aliphatic rings. The Morgan fingerprint density at radius 2 is 1.73 bits per heavy atom. The molecule has 2 heterocycles. The number of pyridine rings is 2. The van der Waals surface area contributed by atoms with E-state index in [-0.39, 0.29) is 0 Å². The molecule has 0 bridgehead atoms. The second-order valence-corrected chi connectivity index (χ2v) is 3.69. The highest BCUT2D eigenvalue weighted by molar-refractivity contribution is 5.94. The molecule has 15 heavy (non-hydrogen) atoms. The largest absolute Gasteiger partial charge is 0.256 e. The average molecular weight is 194 g/mol. The number of aryl methyl sites for hydroxylation is 1. The first-order valence-corrected chi connectivity index (χ1v) is 4.95. The van der Waals surface area contributed by atoms with Crippen LogP contribution in [0.25, 0.3) is 21.8 Å². The van der Waals surface area contributed by atoms with E-state index < -0.39 is 0 Å². The first-order chi connectivity index (χ1) is 7.33. The van der Waals surface area contributed by atoms with Crippen molar-refractivity contribution in [3.05, 3.63) is 48.3 Å². The van der Waals surface area contributed by atoms with Crippen LogP contribution in [0.3, 0.4) is 0 Å². The summed E-state index contributed by atoms with van der Waals surface area (Å²) in [7, 11) is 0. The summed E-state index contributed by atoms with van der Waals surface area (Å²) in [6.45, 7) is 2.01. The average Bonchev–Trinajstić information content (AvgIpc) is 2.26. The van der Waals surface area contributed by atoms with E-state index in [0.29, 0.717) is 0 Å². The van der Waals surface area contributed by atoms with Crippen LogP contribution in [0.4, 0.5) is 0 Å². The van der Waals surface area contributed by atoms with Gasteiger partial charge in [0.05, 0.1) is 11.0 Å². The Morgan fingerprint density at radius 1 is 0.933 bits per heavy atom. The molecule has 0 unspecified atom stereocenters. The second-order valence-electron chi connectivity index (χ2n) is 3.69. The van der Waals surface area contributed by atoms with Gasteiger partial charge in [-0.15, -0.1) is 0 Å². The quantitative estimate of drug-likeness (QED) is 0.514. The van der Waals surface area contributed by atoms with Gasteiger partial charge in [-0.05, 0) is 31.2 Å². The van der Waals surface area contributed by atoms with Crippen molar-refractivity contribution in [3.63, 3.8) is 0 Å². The van der Waals surface area contributed by atoms with Crippen molar-refractivity contribution < 1.29 is 0 Å². The number of nitrogens with zero attached hydrogens (tertiary/aromatic N) is 2. The summed E-state index contributed by atoms with van der Waals surface area (Å²) in [5, 5.41) is 2.29. The summed E-state index contributed by atoms with van der Waals surface area (Å²) < 4.78 is 0. The van der Waals surface area contributed by atoms with E-state index in [0.717, 1.165) is 27.5 Å². The maximum atomic E-state index is 4.50. The van der Waals surface area contributed by atoms with Gasteiger partial charge in [0.2, 0.25) is 0 Å². The minimum Gasteiger partial charge on any atom is -0.256 e. The normalized spacial score (nSPS) is 11.0. The highest BCUT2D eigenvalue weighted by Crippen LogP contribution is 2.19. The Bertz CT molecular complexity index is 644. The van der Waals surface area contributed by atoms with Gasteiger partial charge in [-0.1, -0.05) is 12.1 Å². The minimum atomic E-state index is 1.02. The zero-order valence-electron chi connectivity index (χ0n) is 8.44. The van der Waals surface area contributed by atoms with Gasteiger partial charge in [0, 0.05) is 22.7 Å². The molecule has 3 aromatic rings. The van der Waals surface area contributed by atoms with Crippen LogP contribution in [-0.4, -0.2) is 9.97 Å². The van der Waals surface area contributed by atoms with Gasteiger partial charge in [-0.2, -0.15) is 0 Å². The van der Waals surface area contributed by atoms with E-state index >= 15 is 0 Å². The van der Waals surface area contributed by atoms with Crippen molar-refractivity contribution in [2.45, 2.75) is 6.92 Å². The number of aromatic nitrogens is 2. The summed E-state index contributed by atoms with van der Waals surface area (Å²) in [5.41, 5.74) is 3.11. The zero-order valence-corrected chi connectivity index (χ0v) is 8.44. The van der Waals surface area contributed by atoms with Crippen LogP contribution in [0, 0.1) is 6.92 Å². The lowest BCUT2D eigenvalue weighted by Crippen LogP contribution is -1.84. The van der Waals surface area contributed by atoms with Crippen LogP contribution in [0.15, 0.2) is 42.6 Å². The lowest BCUT2D eigenvalue weighted by Gasteiger charge is -2.01. The number of hydrogen-bond donors (Lipinski definition) is 0.